The maximum atomic E-state index is 8.85. The maximum absolute atomic E-state index is 8.85. The van der Waals surface area contributed by atoms with Crippen molar-refractivity contribution in [3.63, 3.8) is 0 Å². The lowest BCUT2D eigenvalue weighted by molar-refractivity contribution is 0.163. The van der Waals surface area contributed by atoms with E-state index in [0.29, 0.717) is 0 Å². The van der Waals surface area contributed by atoms with Gasteiger partial charge in [-0.1, -0.05) is 0 Å². The molecule has 0 spiro atoms. The van der Waals surface area contributed by atoms with Crippen molar-refractivity contribution < 1.29 is 0 Å². The van der Waals surface area contributed by atoms with Crippen LogP contribution in [0.15, 0.2) is 0 Å². The lowest BCUT2D eigenvalue weighted by Crippen LogP contribution is -2.54. The first kappa shape index (κ1) is 6.18. The number of fused-ring (bicyclic) bond motifs is 3. The van der Waals surface area contributed by atoms with Gasteiger partial charge in [0, 0.05) is 0 Å². The van der Waals surface area contributed by atoms with Crippen molar-refractivity contribution >= 4 is 0 Å². The van der Waals surface area contributed by atoms with Crippen molar-refractivity contribution in [2.75, 3.05) is 6.54 Å². The fourth-order valence-electron chi connectivity index (χ4n) is 2.04. The highest BCUT2D eigenvalue weighted by atomic mass is 15.0. The van der Waals surface area contributed by atoms with Crippen molar-refractivity contribution in [1.29, 1.82) is 5.26 Å². The molecule has 1 saturated carbocycles. The zero-order valence-corrected chi connectivity index (χ0v) is 6.06. The second kappa shape index (κ2) is 1.96. The summed E-state index contributed by atoms with van der Waals surface area (Å²) in [5, 5.41) is 12.2. The van der Waals surface area contributed by atoms with Gasteiger partial charge < -0.3 is 0 Å². The molecular weight excluding hydrogens is 124 g/mol. The zero-order chi connectivity index (χ0) is 7.03. The van der Waals surface area contributed by atoms with Crippen LogP contribution in [0.5, 0.6) is 0 Å². The number of hydrogen-bond acceptors (Lipinski definition) is 2. The van der Waals surface area contributed by atoms with Crippen molar-refractivity contribution in [3.8, 4) is 6.07 Å². The van der Waals surface area contributed by atoms with Crippen LogP contribution in [0.2, 0.25) is 0 Å². The van der Waals surface area contributed by atoms with Crippen LogP contribution in [0.1, 0.15) is 25.7 Å². The summed E-state index contributed by atoms with van der Waals surface area (Å²) in [6.45, 7) is 1.08. The number of nitriles is 1. The molecule has 2 bridgehead atoms. The summed E-state index contributed by atoms with van der Waals surface area (Å²) in [6.07, 6.45) is 4.68. The van der Waals surface area contributed by atoms with Crippen LogP contribution in [0.3, 0.4) is 0 Å². The van der Waals surface area contributed by atoms with Gasteiger partial charge >= 0.3 is 0 Å². The van der Waals surface area contributed by atoms with E-state index in [4.69, 9.17) is 5.26 Å². The smallest absolute Gasteiger partial charge is 0.106 e. The summed E-state index contributed by atoms with van der Waals surface area (Å²) in [6, 6.07) is 2.39. The van der Waals surface area contributed by atoms with E-state index in [2.05, 4.69) is 11.4 Å². The first-order valence-corrected chi connectivity index (χ1v) is 4.01. The van der Waals surface area contributed by atoms with Crippen LogP contribution in [-0.2, 0) is 0 Å². The Morgan fingerprint density at radius 1 is 1.40 bits per heavy atom. The van der Waals surface area contributed by atoms with E-state index in [1.54, 1.807) is 0 Å². The minimum Gasteiger partial charge on any atom is -0.299 e. The number of rotatable bonds is 0. The fraction of sp³-hybridized carbons (Fsp3) is 0.875. The second-order valence-corrected chi connectivity index (χ2v) is 3.52. The van der Waals surface area contributed by atoms with Gasteiger partial charge in [0.25, 0.3) is 0 Å². The van der Waals surface area contributed by atoms with Gasteiger partial charge in [0.05, 0.1) is 6.07 Å². The summed E-state index contributed by atoms with van der Waals surface area (Å²) in [7, 11) is 0. The predicted octanol–water partition coefficient (Wildman–Crippen LogP) is 1.04. The molecule has 1 aliphatic carbocycles. The van der Waals surface area contributed by atoms with Crippen LogP contribution in [0.4, 0.5) is 0 Å². The monoisotopic (exact) mass is 136 g/mol. The zero-order valence-electron chi connectivity index (χ0n) is 6.06. The standard InChI is InChI=1S/C8H12N2/c9-6-8-3-1-7(2-4-8)5-10-8/h7,10H,1-5H2. The van der Waals surface area contributed by atoms with Gasteiger partial charge in [-0.3, -0.25) is 5.32 Å². The number of nitrogens with zero attached hydrogens (tertiary/aromatic N) is 1. The van der Waals surface area contributed by atoms with Crippen molar-refractivity contribution in [2.45, 2.75) is 31.2 Å². The third-order valence-electron chi connectivity index (χ3n) is 2.90. The molecule has 0 radical (unpaired) electrons. The van der Waals surface area contributed by atoms with Crippen LogP contribution in [0.25, 0.3) is 0 Å². The van der Waals surface area contributed by atoms with E-state index in [1.165, 1.54) is 12.8 Å². The quantitative estimate of drug-likeness (QED) is 0.540. The Morgan fingerprint density at radius 3 is 2.40 bits per heavy atom. The Kier molecular flexibility index (Phi) is 1.21. The second-order valence-electron chi connectivity index (χ2n) is 3.52. The molecule has 2 heteroatoms. The van der Waals surface area contributed by atoms with Crippen molar-refractivity contribution in [2.24, 2.45) is 5.92 Å². The predicted molar refractivity (Wildman–Crippen MR) is 38.3 cm³/mol. The fourth-order valence-corrected chi connectivity index (χ4v) is 2.04. The molecule has 2 heterocycles. The lowest BCUT2D eigenvalue weighted by Gasteiger charge is -2.42. The molecule has 3 rings (SSSR count). The normalized spacial score (nSPS) is 44.9. The van der Waals surface area contributed by atoms with Crippen LogP contribution in [-0.4, -0.2) is 12.1 Å². The molecule has 1 N–H and O–H groups in total. The number of hydrogen-bond donors (Lipinski definition) is 1. The lowest BCUT2D eigenvalue weighted by atomic mass is 9.73. The average Bonchev–Trinajstić information content (AvgIpc) is 2.08. The molecule has 0 aromatic heterocycles. The first-order valence-electron chi connectivity index (χ1n) is 4.01. The van der Waals surface area contributed by atoms with Crippen LogP contribution in [0, 0.1) is 17.2 Å². The molecule has 0 aromatic carbocycles. The van der Waals surface area contributed by atoms with Gasteiger partial charge in [-0.15, -0.1) is 0 Å². The van der Waals surface area contributed by atoms with Crippen LogP contribution >= 0.6 is 0 Å². The molecule has 0 unspecified atom stereocenters. The van der Waals surface area contributed by atoms with E-state index in [1.807, 2.05) is 0 Å². The summed E-state index contributed by atoms with van der Waals surface area (Å²) in [5.41, 5.74) is -0.116. The van der Waals surface area contributed by atoms with E-state index in [9.17, 15) is 0 Å². The third-order valence-corrected chi connectivity index (χ3v) is 2.90. The molecule has 3 fully saturated rings. The summed E-state index contributed by atoms with van der Waals surface area (Å²) in [4.78, 5) is 0. The van der Waals surface area contributed by atoms with E-state index < -0.39 is 0 Å². The minimum absolute atomic E-state index is 0.116. The molecule has 0 amide bonds. The van der Waals surface area contributed by atoms with Gasteiger partial charge in [-0.25, -0.2) is 0 Å². The molecule has 0 aromatic rings. The molecule has 54 valence electrons. The van der Waals surface area contributed by atoms with E-state index in [-0.39, 0.29) is 5.54 Å². The number of piperidine rings is 2. The Hall–Kier alpha value is -0.550. The highest BCUT2D eigenvalue weighted by Crippen LogP contribution is 2.35. The van der Waals surface area contributed by atoms with Gasteiger partial charge in [0.15, 0.2) is 0 Å². The van der Waals surface area contributed by atoms with E-state index >= 15 is 0 Å². The van der Waals surface area contributed by atoms with Gasteiger partial charge in [0.2, 0.25) is 0 Å². The molecule has 2 aliphatic heterocycles. The summed E-state index contributed by atoms with van der Waals surface area (Å²) < 4.78 is 0. The highest BCUT2D eigenvalue weighted by Gasteiger charge is 2.39. The van der Waals surface area contributed by atoms with Crippen molar-refractivity contribution in [3.05, 3.63) is 0 Å². The minimum atomic E-state index is -0.116. The average molecular weight is 136 g/mol. The third kappa shape index (κ3) is 0.741. The van der Waals surface area contributed by atoms with Crippen LogP contribution < -0.4 is 5.32 Å². The molecule has 3 aliphatic rings. The number of nitrogens with one attached hydrogen (secondary N) is 1. The molecule has 0 atom stereocenters. The first-order chi connectivity index (χ1) is 4.85. The summed E-state index contributed by atoms with van der Waals surface area (Å²) in [5.74, 6) is 0.871. The SMILES string of the molecule is N#CC12CCC(CC1)CN2. The van der Waals surface area contributed by atoms with Gasteiger partial charge in [-0.2, -0.15) is 5.26 Å². The van der Waals surface area contributed by atoms with Gasteiger partial charge in [0.1, 0.15) is 5.54 Å². The largest absolute Gasteiger partial charge is 0.299 e. The van der Waals surface area contributed by atoms with E-state index in [0.717, 1.165) is 25.3 Å². The molecule has 10 heavy (non-hydrogen) atoms. The Balaban J connectivity index is 2.17. The highest BCUT2D eigenvalue weighted by molar-refractivity contribution is 5.12. The molecular formula is C8H12N2. The maximum Gasteiger partial charge on any atom is 0.106 e. The Morgan fingerprint density at radius 2 is 2.10 bits per heavy atom. The van der Waals surface area contributed by atoms with Gasteiger partial charge in [-0.05, 0) is 38.1 Å². The Labute approximate surface area is 61.2 Å². The summed E-state index contributed by atoms with van der Waals surface area (Å²) >= 11 is 0. The molecule has 2 nitrogen and oxygen atoms in total. The topological polar surface area (TPSA) is 35.8 Å². The van der Waals surface area contributed by atoms with Crippen molar-refractivity contribution in [1.82, 2.24) is 5.32 Å². The Bertz CT molecular complexity index is 158. The molecule has 2 saturated heterocycles.